The second-order valence-electron chi connectivity index (χ2n) is 6.16. The molecule has 0 aliphatic carbocycles. The van der Waals surface area contributed by atoms with Gasteiger partial charge >= 0.3 is 0 Å². The maximum absolute atomic E-state index is 9.72. The van der Waals surface area contributed by atoms with E-state index in [-0.39, 0.29) is 12.8 Å². The van der Waals surface area contributed by atoms with E-state index in [0.717, 1.165) is 16.8 Å². The Morgan fingerprint density at radius 1 is 1.04 bits per heavy atom. The molecule has 2 aromatic heterocycles. The van der Waals surface area contributed by atoms with Gasteiger partial charge in [-0.05, 0) is 6.07 Å². The fraction of sp³-hybridized carbons (Fsp3) is 0.294. The van der Waals surface area contributed by atoms with Crippen molar-refractivity contribution >= 4 is 34.8 Å². The van der Waals surface area contributed by atoms with Crippen LogP contribution < -0.4 is 4.90 Å². The van der Waals surface area contributed by atoms with Gasteiger partial charge in [0.05, 0.1) is 10.0 Å². The summed E-state index contributed by atoms with van der Waals surface area (Å²) in [5.41, 5.74) is 2.28. The van der Waals surface area contributed by atoms with Crippen LogP contribution in [-0.4, -0.2) is 43.5 Å². The Balaban J connectivity index is 1.79. The predicted octanol–water partition coefficient (Wildman–Crippen LogP) is 2.98. The van der Waals surface area contributed by atoms with Gasteiger partial charge in [-0.2, -0.15) is 0 Å². The highest BCUT2D eigenvalue weighted by Gasteiger charge is 2.31. The second-order valence-corrected chi connectivity index (χ2v) is 6.95. The fourth-order valence-electron chi connectivity index (χ4n) is 3.11. The van der Waals surface area contributed by atoms with Crippen LogP contribution in [-0.2, 0) is 0 Å². The second kappa shape index (κ2) is 6.14. The van der Waals surface area contributed by atoms with Crippen molar-refractivity contribution in [1.82, 2.24) is 14.4 Å². The van der Waals surface area contributed by atoms with Crippen molar-refractivity contribution in [3.05, 3.63) is 46.8 Å². The smallest absolute Gasteiger partial charge is 0.211 e. The lowest BCUT2D eigenvalue weighted by Crippen LogP contribution is -2.45. The molecule has 6 nitrogen and oxygen atoms in total. The number of aromatic nitrogens is 3. The van der Waals surface area contributed by atoms with Crippen molar-refractivity contribution in [2.24, 2.45) is 0 Å². The quantitative estimate of drug-likeness (QED) is 0.670. The van der Waals surface area contributed by atoms with E-state index in [0.29, 0.717) is 29.1 Å². The lowest BCUT2D eigenvalue weighted by Gasteiger charge is -2.35. The van der Waals surface area contributed by atoms with E-state index in [1.54, 1.807) is 18.5 Å². The molecule has 1 aromatic carbocycles. The van der Waals surface area contributed by atoms with Crippen LogP contribution in [0.2, 0.25) is 10.0 Å². The number of halogens is 2. The maximum Gasteiger partial charge on any atom is 0.211 e. The lowest BCUT2D eigenvalue weighted by molar-refractivity contribution is -0.172. The van der Waals surface area contributed by atoms with E-state index >= 15 is 0 Å². The molecule has 0 spiro atoms. The summed E-state index contributed by atoms with van der Waals surface area (Å²) in [6.45, 7) is 1.01. The molecule has 130 valence electrons. The zero-order valence-electron chi connectivity index (χ0n) is 13.2. The number of piperidine rings is 1. The van der Waals surface area contributed by atoms with Crippen molar-refractivity contribution in [3.63, 3.8) is 0 Å². The lowest BCUT2D eigenvalue weighted by atomic mass is 10.0. The summed E-state index contributed by atoms with van der Waals surface area (Å²) in [5, 5.41) is 20.4. The van der Waals surface area contributed by atoms with Gasteiger partial charge in [0.2, 0.25) is 5.95 Å². The highest BCUT2D eigenvalue weighted by Crippen LogP contribution is 2.36. The van der Waals surface area contributed by atoms with E-state index < -0.39 is 5.79 Å². The van der Waals surface area contributed by atoms with E-state index in [9.17, 15) is 10.2 Å². The Bertz CT molecular complexity index is 932. The van der Waals surface area contributed by atoms with Crippen molar-refractivity contribution in [2.75, 3.05) is 18.0 Å². The van der Waals surface area contributed by atoms with Crippen LogP contribution >= 0.6 is 23.2 Å². The minimum absolute atomic E-state index is 0.271. The minimum Gasteiger partial charge on any atom is -0.365 e. The molecule has 4 rings (SSSR count). The normalized spacial score (nSPS) is 17.2. The standard InChI is InChI=1S/C17H16Cl2N4O2/c18-13-3-1-2-11(14(13)19)12-10-21-16(23-9-6-20-15(12)23)22-7-4-17(24,25)5-8-22/h1-3,6,9-10,24-25H,4-5,7-8H2. The van der Waals surface area contributed by atoms with E-state index in [4.69, 9.17) is 23.2 Å². The highest BCUT2D eigenvalue weighted by atomic mass is 35.5. The van der Waals surface area contributed by atoms with Crippen LogP contribution in [0.4, 0.5) is 5.95 Å². The van der Waals surface area contributed by atoms with Crippen molar-refractivity contribution < 1.29 is 10.2 Å². The number of anilines is 1. The maximum atomic E-state index is 9.72. The van der Waals surface area contributed by atoms with Crippen molar-refractivity contribution in [3.8, 4) is 11.1 Å². The molecule has 0 unspecified atom stereocenters. The third-order valence-electron chi connectivity index (χ3n) is 4.50. The SMILES string of the molecule is OC1(O)CCN(c2ncc(-c3cccc(Cl)c3Cl)c3nccn23)CC1. The number of rotatable bonds is 2. The largest absolute Gasteiger partial charge is 0.365 e. The first kappa shape index (κ1) is 16.6. The molecule has 0 radical (unpaired) electrons. The fourth-order valence-corrected chi connectivity index (χ4v) is 3.51. The zero-order valence-corrected chi connectivity index (χ0v) is 14.7. The Labute approximate surface area is 154 Å². The van der Waals surface area contributed by atoms with Crippen LogP contribution in [0, 0.1) is 0 Å². The number of imidazole rings is 1. The molecule has 0 saturated carbocycles. The number of hydrogen-bond acceptors (Lipinski definition) is 5. The summed E-state index contributed by atoms with van der Waals surface area (Å²) in [4.78, 5) is 11.0. The van der Waals surface area contributed by atoms with Crippen LogP contribution in [0.25, 0.3) is 16.8 Å². The first-order chi connectivity index (χ1) is 12.0. The van der Waals surface area contributed by atoms with Gasteiger partial charge in [-0.3, -0.25) is 4.40 Å². The molecule has 0 atom stereocenters. The number of benzene rings is 1. The van der Waals surface area contributed by atoms with Gasteiger partial charge in [0.25, 0.3) is 0 Å². The number of hydrogen-bond donors (Lipinski definition) is 2. The highest BCUT2D eigenvalue weighted by molar-refractivity contribution is 6.43. The van der Waals surface area contributed by atoms with Gasteiger partial charge in [-0.1, -0.05) is 35.3 Å². The monoisotopic (exact) mass is 378 g/mol. The Morgan fingerprint density at radius 3 is 2.56 bits per heavy atom. The number of aliphatic hydroxyl groups is 2. The van der Waals surface area contributed by atoms with E-state index in [1.165, 1.54) is 0 Å². The molecule has 1 aliphatic rings. The molecule has 0 bridgehead atoms. The van der Waals surface area contributed by atoms with Crippen LogP contribution in [0.15, 0.2) is 36.8 Å². The summed E-state index contributed by atoms with van der Waals surface area (Å²) in [6, 6.07) is 5.46. The Kier molecular flexibility index (Phi) is 4.08. The van der Waals surface area contributed by atoms with Crippen LogP contribution in [0.5, 0.6) is 0 Å². The minimum atomic E-state index is -1.60. The molecule has 1 fully saturated rings. The van der Waals surface area contributed by atoms with E-state index in [2.05, 4.69) is 9.97 Å². The predicted molar refractivity (Wildman–Crippen MR) is 97.1 cm³/mol. The van der Waals surface area contributed by atoms with Gasteiger partial charge in [0.15, 0.2) is 5.79 Å². The molecule has 3 aromatic rings. The van der Waals surface area contributed by atoms with Gasteiger partial charge in [-0.25, -0.2) is 9.97 Å². The third-order valence-corrected chi connectivity index (χ3v) is 5.31. The summed E-state index contributed by atoms with van der Waals surface area (Å²) < 4.78 is 1.88. The van der Waals surface area contributed by atoms with Gasteiger partial charge < -0.3 is 15.1 Å². The average Bonchev–Trinajstić information content (AvgIpc) is 3.07. The van der Waals surface area contributed by atoms with Gasteiger partial charge in [0.1, 0.15) is 5.65 Å². The molecule has 1 saturated heterocycles. The molecule has 25 heavy (non-hydrogen) atoms. The topological polar surface area (TPSA) is 73.9 Å². The Hall–Kier alpha value is -1.86. The summed E-state index contributed by atoms with van der Waals surface area (Å²) in [6.07, 6.45) is 5.81. The number of fused-ring (bicyclic) bond motifs is 1. The van der Waals surface area contributed by atoms with Crippen LogP contribution in [0.1, 0.15) is 12.8 Å². The molecule has 1 aliphatic heterocycles. The zero-order chi connectivity index (χ0) is 17.6. The molecule has 3 heterocycles. The van der Waals surface area contributed by atoms with Crippen LogP contribution in [0.3, 0.4) is 0 Å². The van der Waals surface area contributed by atoms with Gasteiger partial charge in [0, 0.05) is 55.6 Å². The molecular weight excluding hydrogens is 363 g/mol. The summed E-state index contributed by atoms with van der Waals surface area (Å²) >= 11 is 12.5. The van der Waals surface area contributed by atoms with Gasteiger partial charge in [-0.15, -0.1) is 0 Å². The Morgan fingerprint density at radius 2 is 1.80 bits per heavy atom. The first-order valence-electron chi connectivity index (χ1n) is 7.92. The van der Waals surface area contributed by atoms with Crippen molar-refractivity contribution in [2.45, 2.75) is 18.6 Å². The van der Waals surface area contributed by atoms with E-state index in [1.807, 2.05) is 27.6 Å². The van der Waals surface area contributed by atoms with Crippen molar-refractivity contribution in [1.29, 1.82) is 0 Å². The summed E-state index contributed by atoms with van der Waals surface area (Å²) in [7, 11) is 0. The molecular formula is C17H16Cl2N4O2. The first-order valence-corrected chi connectivity index (χ1v) is 8.68. The molecule has 0 amide bonds. The number of nitrogens with zero attached hydrogens (tertiary/aromatic N) is 4. The third kappa shape index (κ3) is 2.95. The average molecular weight is 379 g/mol. The molecule has 8 heteroatoms. The summed E-state index contributed by atoms with van der Waals surface area (Å²) in [5.74, 6) is -0.886. The molecule has 2 N–H and O–H groups in total.